The largest absolute Gasteiger partial charge is 0.305 e. The minimum Gasteiger partial charge on any atom is -0.305 e. The predicted molar refractivity (Wildman–Crippen MR) is 69.3 cm³/mol. The van der Waals surface area contributed by atoms with E-state index in [-0.39, 0.29) is 0 Å². The van der Waals surface area contributed by atoms with Gasteiger partial charge in [0, 0.05) is 28.5 Å². The van der Waals surface area contributed by atoms with Crippen LogP contribution < -0.4 is 5.32 Å². The number of thiophene rings is 1. The van der Waals surface area contributed by atoms with Crippen molar-refractivity contribution in [3.63, 3.8) is 0 Å². The van der Waals surface area contributed by atoms with Crippen LogP contribution in [0, 0.1) is 0 Å². The Balaban J connectivity index is 1.69. The van der Waals surface area contributed by atoms with Crippen molar-refractivity contribution in [2.75, 3.05) is 0 Å². The van der Waals surface area contributed by atoms with Crippen LogP contribution in [-0.2, 0) is 13.0 Å². The van der Waals surface area contributed by atoms with Crippen molar-refractivity contribution in [3.8, 4) is 0 Å². The van der Waals surface area contributed by atoms with Crippen molar-refractivity contribution >= 4 is 34.3 Å². The fourth-order valence-corrected chi connectivity index (χ4v) is 4.00. The highest BCUT2D eigenvalue weighted by atomic mass is 35.5. The van der Waals surface area contributed by atoms with Gasteiger partial charge in [-0.15, -0.1) is 22.7 Å². The van der Waals surface area contributed by atoms with Gasteiger partial charge in [-0.05, 0) is 24.5 Å². The van der Waals surface area contributed by atoms with Crippen LogP contribution in [0.2, 0.25) is 4.34 Å². The average Bonchev–Trinajstić information content (AvgIpc) is 2.91. The van der Waals surface area contributed by atoms with Gasteiger partial charge in [-0.1, -0.05) is 11.6 Å². The van der Waals surface area contributed by atoms with Gasteiger partial charge in [0.25, 0.3) is 0 Å². The van der Waals surface area contributed by atoms with E-state index in [4.69, 9.17) is 11.6 Å². The zero-order valence-corrected chi connectivity index (χ0v) is 11.0. The minimum atomic E-state index is 0.473. The number of aryl methyl sites for hydroxylation is 1. The van der Waals surface area contributed by atoms with Crippen molar-refractivity contribution in [3.05, 3.63) is 37.4 Å². The zero-order valence-electron chi connectivity index (χ0n) is 8.57. The number of nitrogens with one attached hydrogen (secondary N) is 1. The smallest absolute Gasteiger partial charge is 0.0934 e. The average molecular weight is 271 g/mol. The van der Waals surface area contributed by atoms with Crippen molar-refractivity contribution < 1.29 is 0 Å². The van der Waals surface area contributed by atoms with Crippen molar-refractivity contribution in [1.82, 2.24) is 10.3 Å². The number of halogens is 1. The van der Waals surface area contributed by atoms with Gasteiger partial charge in [0.05, 0.1) is 9.85 Å². The third-order valence-electron chi connectivity index (χ3n) is 2.85. The van der Waals surface area contributed by atoms with Crippen molar-refractivity contribution in [1.29, 1.82) is 0 Å². The molecule has 0 aromatic carbocycles. The number of hydrogen-bond acceptors (Lipinski definition) is 4. The van der Waals surface area contributed by atoms with Crippen LogP contribution >= 0.6 is 34.3 Å². The van der Waals surface area contributed by atoms with E-state index in [9.17, 15) is 0 Å². The van der Waals surface area contributed by atoms with Gasteiger partial charge in [0.2, 0.25) is 0 Å². The molecule has 5 heteroatoms. The standard InChI is InChI=1S/C11H11ClN2S2/c12-11-3-8-9(1-2-10(8)16-11)14-5-7-4-13-6-15-7/h3-4,6,9,14H,1-2,5H2. The highest BCUT2D eigenvalue weighted by molar-refractivity contribution is 7.16. The molecule has 2 nitrogen and oxygen atoms in total. The maximum absolute atomic E-state index is 6.03. The monoisotopic (exact) mass is 270 g/mol. The number of nitrogens with zero attached hydrogens (tertiary/aromatic N) is 1. The molecule has 3 rings (SSSR count). The Kier molecular flexibility index (Phi) is 2.98. The fraction of sp³-hybridized carbons (Fsp3) is 0.364. The van der Waals surface area contributed by atoms with E-state index in [0.717, 1.165) is 17.3 Å². The van der Waals surface area contributed by atoms with Crippen LogP contribution in [-0.4, -0.2) is 4.98 Å². The molecule has 1 aliphatic carbocycles. The maximum atomic E-state index is 6.03. The van der Waals surface area contributed by atoms with E-state index in [0.29, 0.717) is 6.04 Å². The van der Waals surface area contributed by atoms with E-state index >= 15 is 0 Å². The molecule has 2 aromatic rings. The molecule has 0 radical (unpaired) electrons. The fourth-order valence-electron chi connectivity index (χ4n) is 2.10. The third kappa shape index (κ3) is 2.02. The molecule has 2 aromatic heterocycles. The molecule has 0 amide bonds. The lowest BCUT2D eigenvalue weighted by Gasteiger charge is -2.11. The minimum absolute atomic E-state index is 0.473. The molecule has 1 aliphatic rings. The Morgan fingerprint density at radius 1 is 1.56 bits per heavy atom. The second-order valence-corrected chi connectivity index (χ2v) is 6.61. The lowest BCUT2D eigenvalue weighted by Crippen LogP contribution is -2.17. The summed E-state index contributed by atoms with van der Waals surface area (Å²) in [6.45, 7) is 0.905. The molecule has 2 heterocycles. The Bertz CT molecular complexity index is 478. The van der Waals surface area contributed by atoms with Gasteiger partial charge in [-0.3, -0.25) is 4.98 Å². The molecule has 0 saturated carbocycles. The molecule has 0 saturated heterocycles. The first-order chi connectivity index (χ1) is 7.83. The van der Waals surface area contributed by atoms with E-state index in [2.05, 4.69) is 16.4 Å². The van der Waals surface area contributed by atoms with Gasteiger partial charge >= 0.3 is 0 Å². The van der Waals surface area contributed by atoms with Crippen molar-refractivity contribution in [2.24, 2.45) is 0 Å². The molecule has 1 atom stereocenters. The second kappa shape index (κ2) is 4.45. The highest BCUT2D eigenvalue weighted by Crippen LogP contribution is 2.39. The summed E-state index contributed by atoms with van der Waals surface area (Å²) in [5, 5.41) is 3.57. The van der Waals surface area contributed by atoms with Gasteiger partial charge in [-0.25, -0.2) is 0 Å². The number of fused-ring (bicyclic) bond motifs is 1. The normalized spacial score (nSPS) is 18.9. The summed E-state index contributed by atoms with van der Waals surface area (Å²) in [7, 11) is 0. The van der Waals surface area contributed by atoms with Gasteiger partial charge in [-0.2, -0.15) is 0 Å². The Hall–Kier alpha value is -0.420. The van der Waals surface area contributed by atoms with Crippen LogP contribution in [0.15, 0.2) is 17.8 Å². The first kappa shape index (κ1) is 10.7. The first-order valence-corrected chi connectivity index (χ1v) is 7.29. The Labute approximate surface area is 107 Å². The highest BCUT2D eigenvalue weighted by Gasteiger charge is 2.24. The van der Waals surface area contributed by atoms with Crippen LogP contribution in [0.4, 0.5) is 0 Å². The molecular formula is C11H11ClN2S2. The molecule has 84 valence electrons. The summed E-state index contributed by atoms with van der Waals surface area (Å²) in [5.74, 6) is 0. The summed E-state index contributed by atoms with van der Waals surface area (Å²) >= 11 is 9.44. The van der Waals surface area contributed by atoms with Crippen LogP contribution in [0.1, 0.15) is 27.8 Å². The third-order valence-corrected chi connectivity index (χ3v) is 4.97. The quantitative estimate of drug-likeness (QED) is 0.921. The second-order valence-electron chi connectivity index (χ2n) is 3.87. The van der Waals surface area contributed by atoms with Crippen LogP contribution in [0.3, 0.4) is 0 Å². The molecule has 0 bridgehead atoms. The topological polar surface area (TPSA) is 24.9 Å². The first-order valence-electron chi connectivity index (χ1n) is 5.22. The van der Waals surface area contributed by atoms with Gasteiger partial charge in [0.1, 0.15) is 0 Å². The maximum Gasteiger partial charge on any atom is 0.0934 e. The van der Waals surface area contributed by atoms with Crippen LogP contribution in [0.5, 0.6) is 0 Å². The van der Waals surface area contributed by atoms with E-state index < -0.39 is 0 Å². The number of aromatic nitrogens is 1. The number of rotatable bonds is 3. The van der Waals surface area contributed by atoms with Gasteiger partial charge in [0.15, 0.2) is 0 Å². The molecule has 16 heavy (non-hydrogen) atoms. The van der Waals surface area contributed by atoms with Gasteiger partial charge < -0.3 is 5.32 Å². The van der Waals surface area contributed by atoms with E-state index in [1.807, 2.05) is 11.7 Å². The Morgan fingerprint density at radius 2 is 2.50 bits per heavy atom. The molecule has 1 unspecified atom stereocenters. The molecule has 1 N–H and O–H groups in total. The summed E-state index contributed by atoms with van der Waals surface area (Å²) in [5.41, 5.74) is 3.28. The SMILES string of the molecule is Clc1cc2c(s1)CCC2NCc1cncs1. The molecule has 0 spiro atoms. The Morgan fingerprint density at radius 3 is 3.31 bits per heavy atom. The lowest BCUT2D eigenvalue weighted by atomic mass is 10.2. The molecular weight excluding hydrogens is 260 g/mol. The zero-order chi connectivity index (χ0) is 11.0. The molecule has 0 aliphatic heterocycles. The number of hydrogen-bond donors (Lipinski definition) is 1. The van der Waals surface area contributed by atoms with Crippen LogP contribution in [0.25, 0.3) is 0 Å². The summed E-state index contributed by atoms with van der Waals surface area (Å²) < 4.78 is 0.911. The van der Waals surface area contributed by atoms with E-state index in [1.54, 1.807) is 22.7 Å². The number of thiazole rings is 1. The lowest BCUT2D eigenvalue weighted by molar-refractivity contribution is 0.533. The van der Waals surface area contributed by atoms with E-state index in [1.165, 1.54) is 21.7 Å². The summed E-state index contributed by atoms with van der Waals surface area (Å²) in [4.78, 5) is 6.81. The molecule has 0 fully saturated rings. The summed E-state index contributed by atoms with van der Waals surface area (Å²) in [6, 6.07) is 2.58. The summed E-state index contributed by atoms with van der Waals surface area (Å²) in [6.07, 6.45) is 4.28. The predicted octanol–water partition coefficient (Wildman–Crippen LogP) is 3.64. The van der Waals surface area contributed by atoms with Crippen molar-refractivity contribution in [2.45, 2.75) is 25.4 Å².